The number of carbonyl (C=O) groups is 1. The number of anilines is 1. The molecule has 1 amide bonds. The molecule has 0 fully saturated rings. The van der Waals surface area contributed by atoms with E-state index in [-0.39, 0.29) is 28.2 Å². The quantitative estimate of drug-likeness (QED) is 0.756. The number of amides is 1. The van der Waals surface area contributed by atoms with E-state index in [1.807, 2.05) is 32.0 Å². The van der Waals surface area contributed by atoms with Crippen LogP contribution in [0.3, 0.4) is 0 Å². The Bertz CT molecular complexity index is 937. The van der Waals surface area contributed by atoms with Crippen molar-refractivity contribution in [3.63, 3.8) is 0 Å². The fraction of sp³-hybridized carbons (Fsp3) is 0.350. The van der Waals surface area contributed by atoms with E-state index < -0.39 is 10.0 Å². The third-order valence-electron chi connectivity index (χ3n) is 4.04. The molecule has 0 aliphatic heterocycles. The Morgan fingerprint density at radius 1 is 1.15 bits per heavy atom. The van der Waals surface area contributed by atoms with Gasteiger partial charge >= 0.3 is 0 Å². The van der Waals surface area contributed by atoms with Gasteiger partial charge in [0.1, 0.15) is 10.6 Å². The number of aryl methyl sites for hydroxylation is 1. The molecule has 2 aromatic rings. The third-order valence-corrected chi connectivity index (χ3v) is 5.72. The van der Waals surface area contributed by atoms with Crippen molar-refractivity contribution < 1.29 is 17.9 Å². The van der Waals surface area contributed by atoms with Gasteiger partial charge in [0, 0.05) is 17.3 Å². The second kappa shape index (κ2) is 8.54. The van der Waals surface area contributed by atoms with E-state index in [2.05, 4.69) is 10.0 Å². The van der Waals surface area contributed by atoms with Crippen molar-refractivity contribution in [1.29, 1.82) is 0 Å². The topological polar surface area (TPSA) is 84.5 Å². The monoisotopic (exact) mass is 390 g/mol. The molecule has 146 valence electrons. The van der Waals surface area contributed by atoms with Gasteiger partial charge in [-0.1, -0.05) is 12.1 Å². The van der Waals surface area contributed by atoms with E-state index in [4.69, 9.17) is 4.74 Å². The molecule has 7 heteroatoms. The Kier molecular flexibility index (Phi) is 6.62. The molecular formula is C20H26N2O4S. The van der Waals surface area contributed by atoms with Gasteiger partial charge < -0.3 is 10.1 Å². The lowest BCUT2D eigenvalue weighted by Crippen LogP contribution is -2.30. The van der Waals surface area contributed by atoms with Crippen LogP contribution < -0.4 is 14.8 Å². The molecule has 0 saturated carbocycles. The van der Waals surface area contributed by atoms with Crippen molar-refractivity contribution in [1.82, 2.24) is 4.72 Å². The van der Waals surface area contributed by atoms with Gasteiger partial charge in [-0.05, 0) is 70.0 Å². The molecule has 6 nitrogen and oxygen atoms in total. The van der Waals surface area contributed by atoms with Crippen LogP contribution in [0.5, 0.6) is 5.75 Å². The first kappa shape index (κ1) is 20.9. The Balaban J connectivity index is 2.41. The lowest BCUT2D eigenvalue weighted by molar-refractivity contribution is 0.102. The zero-order chi connectivity index (χ0) is 20.2. The van der Waals surface area contributed by atoms with Gasteiger partial charge in [-0.3, -0.25) is 4.79 Å². The summed E-state index contributed by atoms with van der Waals surface area (Å²) in [5.41, 5.74) is 2.96. The van der Waals surface area contributed by atoms with Crippen LogP contribution in [0.4, 0.5) is 5.69 Å². The lowest BCUT2D eigenvalue weighted by Gasteiger charge is -2.15. The molecule has 0 heterocycles. The molecule has 2 aromatic carbocycles. The zero-order valence-electron chi connectivity index (χ0n) is 16.3. The molecule has 0 saturated heterocycles. The summed E-state index contributed by atoms with van der Waals surface area (Å²) in [7, 11) is -3.81. The summed E-state index contributed by atoms with van der Waals surface area (Å²) in [5.74, 6) is -0.165. The van der Waals surface area contributed by atoms with Crippen LogP contribution >= 0.6 is 0 Å². The lowest BCUT2D eigenvalue weighted by atomic mass is 10.1. The van der Waals surface area contributed by atoms with E-state index in [0.29, 0.717) is 12.3 Å². The predicted molar refractivity (Wildman–Crippen MR) is 107 cm³/mol. The van der Waals surface area contributed by atoms with Gasteiger partial charge in [-0.25, -0.2) is 13.1 Å². The molecule has 0 aliphatic carbocycles. The van der Waals surface area contributed by atoms with Gasteiger partial charge in [0.2, 0.25) is 10.0 Å². The Labute approximate surface area is 161 Å². The summed E-state index contributed by atoms with van der Waals surface area (Å²) in [6.45, 7) is 9.44. The van der Waals surface area contributed by atoms with E-state index in [1.165, 1.54) is 12.1 Å². The van der Waals surface area contributed by atoms with E-state index in [0.717, 1.165) is 11.1 Å². The highest BCUT2D eigenvalue weighted by Crippen LogP contribution is 2.26. The fourth-order valence-electron chi connectivity index (χ4n) is 2.59. The first-order valence-corrected chi connectivity index (χ1v) is 10.3. The minimum Gasteiger partial charge on any atom is -0.492 e. The van der Waals surface area contributed by atoms with Crippen LogP contribution in [0.25, 0.3) is 0 Å². The molecular weight excluding hydrogens is 364 g/mol. The van der Waals surface area contributed by atoms with Crippen LogP contribution in [0.1, 0.15) is 42.3 Å². The number of sulfonamides is 1. The highest BCUT2D eigenvalue weighted by Gasteiger charge is 2.23. The average molecular weight is 391 g/mol. The second-order valence-electron chi connectivity index (χ2n) is 6.57. The zero-order valence-corrected chi connectivity index (χ0v) is 17.1. The minimum atomic E-state index is -3.81. The normalized spacial score (nSPS) is 11.5. The summed E-state index contributed by atoms with van der Waals surface area (Å²) in [4.78, 5) is 12.6. The summed E-state index contributed by atoms with van der Waals surface area (Å²) in [6.07, 6.45) is 0. The number of hydrogen-bond acceptors (Lipinski definition) is 4. The van der Waals surface area contributed by atoms with E-state index in [9.17, 15) is 13.2 Å². The highest BCUT2D eigenvalue weighted by molar-refractivity contribution is 7.89. The SMILES string of the molecule is CCOc1ccc(C(=O)Nc2cccc(C)c2C)cc1S(=O)(=O)NC(C)C. The van der Waals surface area contributed by atoms with Gasteiger partial charge in [0.15, 0.2) is 0 Å². The summed E-state index contributed by atoms with van der Waals surface area (Å²) in [5, 5.41) is 2.84. The van der Waals surface area contributed by atoms with Gasteiger partial charge in [-0.2, -0.15) is 0 Å². The van der Waals surface area contributed by atoms with E-state index in [1.54, 1.807) is 26.8 Å². The predicted octanol–water partition coefficient (Wildman–Crippen LogP) is 3.64. The van der Waals surface area contributed by atoms with Crippen LogP contribution in [0.2, 0.25) is 0 Å². The number of rotatable bonds is 7. The molecule has 2 N–H and O–H groups in total. The second-order valence-corrected chi connectivity index (χ2v) is 8.25. The molecule has 0 spiro atoms. The number of nitrogens with one attached hydrogen (secondary N) is 2. The van der Waals surface area contributed by atoms with E-state index >= 15 is 0 Å². The molecule has 0 aliphatic rings. The molecule has 0 atom stereocenters. The maximum Gasteiger partial charge on any atom is 0.255 e. The summed E-state index contributed by atoms with van der Waals surface area (Å²) < 4.78 is 33.3. The first-order valence-electron chi connectivity index (χ1n) is 8.82. The Morgan fingerprint density at radius 3 is 2.48 bits per heavy atom. The largest absolute Gasteiger partial charge is 0.492 e. The standard InChI is InChI=1S/C20H26N2O4S/c1-6-26-18-11-10-16(12-19(18)27(24,25)22-13(2)3)20(23)21-17-9-7-8-14(4)15(17)5/h7-13,22H,6H2,1-5H3,(H,21,23). The molecule has 27 heavy (non-hydrogen) atoms. The number of benzene rings is 2. The van der Waals surface area contributed by atoms with Gasteiger partial charge in [0.25, 0.3) is 5.91 Å². The number of ether oxygens (including phenoxy) is 1. The van der Waals surface area contributed by atoms with Crippen LogP contribution in [-0.4, -0.2) is 27.0 Å². The minimum absolute atomic E-state index is 0.0494. The average Bonchev–Trinajstić information content (AvgIpc) is 2.58. The molecule has 0 unspecified atom stereocenters. The summed E-state index contributed by atoms with van der Waals surface area (Å²) >= 11 is 0. The van der Waals surface area contributed by atoms with Crippen molar-refractivity contribution >= 4 is 21.6 Å². The van der Waals surface area contributed by atoms with Gasteiger partial charge in [-0.15, -0.1) is 0 Å². The van der Waals surface area contributed by atoms with Crippen LogP contribution in [0.15, 0.2) is 41.3 Å². The number of carbonyl (C=O) groups excluding carboxylic acids is 1. The van der Waals surface area contributed by atoms with Crippen molar-refractivity contribution in [2.24, 2.45) is 0 Å². The van der Waals surface area contributed by atoms with Crippen molar-refractivity contribution in [2.45, 2.75) is 45.6 Å². The molecule has 0 aromatic heterocycles. The molecule has 0 bridgehead atoms. The Hall–Kier alpha value is -2.38. The van der Waals surface area contributed by atoms with Gasteiger partial charge in [0.05, 0.1) is 6.61 Å². The molecule has 0 radical (unpaired) electrons. The maximum atomic E-state index is 12.7. The van der Waals surface area contributed by atoms with Crippen molar-refractivity contribution in [3.8, 4) is 5.75 Å². The van der Waals surface area contributed by atoms with Crippen molar-refractivity contribution in [2.75, 3.05) is 11.9 Å². The number of hydrogen-bond donors (Lipinski definition) is 2. The highest BCUT2D eigenvalue weighted by atomic mass is 32.2. The van der Waals surface area contributed by atoms with Crippen LogP contribution in [-0.2, 0) is 10.0 Å². The summed E-state index contributed by atoms with van der Waals surface area (Å²) in [6, 6.07) is 9.76. The smallest absolute Gasteiger partial charge is 0.255 e. The third kappa shape index (κ3) is 5.08. The fourth-order valence-corrected chi connectivity index (χ4v) is 4.01. The van der Waals surface area contributed by atoms with Crippen LogP contribution in [0, 0.1) is 13.8 Å². The maximum absolute atomic E-state index is 12.7. The molecule has 2 rings (SSSR count). The first-order chi connectivity index (χ1) is 12.7. The Morgan fingerprint density at radius 2 is 1.85 bits per heavy atom. The van der Waals surface area contributed by atoms with Crippen molar-refractivity contribution in [3.05, 3.63) is 53.1 Å².